The molecule has 0 bridgehead atoms. The van der Waals surface area contributed by atoms with Gasteiger partial charge in [0.25, 0.3) is 0 Å². The molecule has 0 nitrogen and oxygen atoms in total. The van der Waals surface area contributed by atoms with Crippen molar-refractivity contribution < 1.29 is 21.9 Å². The Bertz CT molecular complexity index is 2120. The van der Waals surface area contributed by atoms with Gasteiger partial charge in [0, 0.05) is 0 Å². The fourth-order valence-corrected chi connectivity index (χ4v) is 8.63. The van der Waals surface area contributed by atoms with E-state index in [9.17, 15) is 0 Å². The molecular weight excluding hydrogens is 494 g/mol. The highest BCUT2D eigenvalue weighted by atomic mass is 31.1. The summed E-state index contributed by atoms with van der Waals surface area (Å²) in [6, 6.07) is 12.3. The van der Waals surface area contributed by atoms with Gasteiger partial charge in [-0.25, -0.2) is 0 Å². The summed E-state index contributed by atoms with van der Waals surface area (Å²) in [6.45, 7) is 0. The van der Waals surface area contributed by atoms with Crippen LogP contribution in [0, 0.1) is 0 Å². The lowest BCUT2D eigenvalue weighted by Crippen LogP contribution is -2.25. The van der Waals surface area contributed by atoms with Crippen molar-refractivity contribution in [3.8, 4) is 11.1 Å². The van der Waals surface area contributed by atoms with E-state index in [2.05, 4.69) is 0 Å². The molecule has 0 amide bonds. The predicted molar refractivity (Wildman–Crippen MR) is 169 cm³/mol. The molecule has 38 heavy (non-hydrogen) atoms. The first-order valence-corrected chi connectivity index (χ1v) is 14.2. The zero-order valence-corrected chi connectivity index (χ0v) is 21.6. The summed E-state index contributed by atoms with van der Waals surface area (Å²) in [5.74, 6) is 0. The number of hydrogen-bond donors (Lipinski definition) is 0. The first kappa shape index (κ1) is 12.4. The third-order valence-electron chi connectivity index (χ3n) is 5.71. The highest BCUT2D eigenvalue weighted by Gasteiger charge is 2.24. The van der Waals surface area contributed by atoms with Crippen LogP contribution in [0.25, 0.3) is 11.1 Å². The molecule has 0 saturated carbocycles. The molecule has 0 aromatic heterocycles. The minimum atomic E-state index is -2.02. The average molecular weight is 539 g/mol. The van der Waals surface area contributed by atoms with Crippen LogP contribution < -0.4 is 31.8 Å². The maximum absolute atomic E-state index is 8.74. The number of hydrogen-bond acceptors (Lipinski definition) is 0. The van der Waals surface area contributed by atoms with Crippen molar-refractivity contribution in [2.24, 2.45) is 0 Å². The van der Waals surface area contributed by atoms with Gasteiger partial charge in [0.15, 0.2) is 0 Å². The van der Waals surface area contributed by atoms with Gasteiger partial charge in [-0.05, 0) is 58.8 Å². The lowest BCUT2D eigenvalue weighted by Gasteiger charge is -2.26. The van der Waals surface area contributed by atoms with Gasteiger partial charge >= 0.3 is 0 Å². The molecule has 0 radical (unpaired) electrons. The third-order valence-corrected chi connectivity index (χ3v) is 10.5. The summed E-state index contributed by atoms with van der Waals surface area (Å²) < 4.78 is 135. The van der Waals surface area contributed by atoms with Crippen molar-refractivity contribution in [2.75, 3.05) is 0 Å². The van der Waals surface area contributed by atoms with E-state index in [1.165, 1.54) is 72.8 Å². The van der Waals surface area contributed by atoms with Gasteiger partial charge in [0.05, 0.1) is 21.9 Å². The topological polar surface area (TPSA) is 0 Å². The quantitative estimate of drug-likeness (QED) is 0.195. The highest BCUT2D eigenvalue weighted by Crippen LogP contribution is 2.40. The molecule has 0 aliphatic rings. The maximum atomic E-state index is 8.74. The van der Waals surface area contributed by atoms with E-state index in [1.807, 2.05) is 0 Å². The Hall–Kier alpha value is -3.82. The summed E-state index contributed by atoms with van der Waals surface area (Å²) in [5, 5.41) is 2.02. The second-order valence-electron chi connectivity index (χ2n) is 7.93. The van der Waals surface area contributed by atoms with Crippen LogP contribution >= 0.6 is 15.8 Å². The fourth-order valence-electron chi connectivity index (χ4n) is 4.14. The lowest BCUT2D eigenvalue weighted by atomic mass is 10.1. The molecular formula is C36H28P2. The smallest absolute Gasteiger partial charge is 0.0622 e. The van der Waals surface area contributed by atoms with Crippen molar-refractivity contribution in [2.45, 2.75) is 0 Å². The minimum Gasteiger partial charge on any atom is -0.0622 e. The SMILES string of the molecule is [2H]c1cc(-c2cc([2H])c([2H])cc2P(c2cc([2H])c([2H])c([2H])c2)c2cc([2H])c([2H])c([2H])c2)c(P(c2cc([2H])c([2H])c([2H])c2)c2cc([2H])c([2H])c([2H])c2)cc1[2H]. The van der Waals surface area contributed by atoms with E-state index in [1.54, 1.807) is 0 Å². The molecule has 0 saturated heterocycles. The Morgan fingerprint density at radius 1 is 0.289 bits per heavy atom. The van der Waals surface area contributed by atoms with Gasteiger partial charge in [-0.2, -0.15) is 0 Å². The van der Waals surface area contributed by atoms with Gasteiger partial charge in [0.2, 0.25) is 0 Å². The van der Waals surface area contributed by atoms with Gasteiger partial charge < -0.3 is 0 Å². The molecule has 0 heterocycles. The van der Waals surface area contributed by atoms with Crippen molar-refractivity contribution in [1.82, 2.24) is 0 Å². The van der Waals surface area contributed by atoms with Crippen LogP contribution in [0.4, 0.5) is 0 Å². The van der Waals surface area contributed by atoms with Crippen molar-refractivity contribution in [1.29, 1.82) is 0 Å². The van der Waals surface area contributed by atoms with E-state index in [0.29, 0.717) is 31.8 Å². The second-order valence-corrected chi connectivity index (χ2v) is 12.3. The molecule has 0 aliphatic carbocycles. The Morgan fingerprint density at radius 2 is 0.526 bits per heavy atom. The standard InChI is InChI=1S/C36H28P2/c1-5-17-29(18-6-1)37(30-19-7-2-8-20-30)35-27-15-13-25-33(35)34-26-14-16-28-36(34)38(31-21-9-3-10-22-31)32-23-11-4-12-24-32/h1-28H/i1D,2D,3D,4D,5D,6D,7D,8D,9D,10D,11D,12D,13D,14D,15D,16D. The van der Waals surface area contributed by atoms with E-state index in [4.69, 9.17) is 21.9 Å². The Labute approximate surface area is 250 Å². The Morgan fingerprint density at radius 3 is 0.816 bits per heavy atom. The molecule has 0 atom stereocenters. The highest BCUT2D eigenvalue weighted by molar-refractivity contribution is 7.80. The molecule has 0 spiro atoms. The zero-order valence-electron chi connectivity index (χ0n) is 35.8. The predicted octanol–water partition coefficient (Wildman–Crippen LogP) is 6.87. The normalized spacial score (nSPS) is 17.0. The minimum absolute atomic E-state index is 0.218. The molecule has 0 unspecified atom stereocenters. The van der Waals surface area contributed by atoms with Gasteiger partial charge in [-0.1, -0.05) is 169 Å². The van der Waals surface area contributed by atoms with Gasteiger partial charge in [-0.3, -0.25) is 0 Å². The van der Waals surface area contributed by atoms with Crippen LogP contribution in [-0.2, 0) is 0 Å². The molecule has 6 rings (SSSR count). The van der Waals surface area contributed by atoms with Crippen LogP contribution in [0.15, 0.2) is 169 Å². The first-order valence-electron chi connectivity index (χ1n) is 19.5. The molecule has 0 fully saturated rings. The van der Waals surface area contributed by atoms with E-state index < -0.39 is 15.8 Å². The summed E-state index contributed by atoms with van der Waals surface area (Å²) >= 11 is 0. The molecule has 6 aromatic carbocycles. The van der Waals surface area contributed by atoms with Crippen LogP contribution in [0.2, 0.25) is 0 Å². The monoisotopic (exact) mass is 538 g/mol. The summed E-state index contributed by atoms with van der Waals surface area (Å²) in [6.07, 6.45) is 0. The average Bonchev–Trinajstić information content (AvgIpc) is 3.10. The lowest BCUT2D eigenvalue weighted by molar-refractivity contribution is 1.67. The van der Waals surface area contributed by atoms with Crippen molar-refractivity contribution in [3.05, 3.63) is 169 Å². The fraction of sp³-hybridized carbons (Fsp3) is 0. The zero-order chi connectivity index (χ0) is 39.5. The Balaban J connectivity index is 1.76. The number of rotatable bonds is 7. The summed E-state index contributed by atoms with van der Waals surface area (Å²) in [5.41, 5.74) is 0.533. The van der Waals surface area contributed by atoms with E-state index in [0.717, 1.165) is 0 Å². The van der Waals surface area contributed by atoms with Gasteiger partial charge in [0.1, 0.15) is 0 Å². The van der Waals surface area contributed by atoms with Crippen molar-refractivity contribution >= 4 is 47.7 Å². The van der Waals surface area contributed by atoms with Crippen LogP contribution in [0.1, 0.15) is 21.9 Å². The molecule has 182 valence electrons. The molecule has 0 aliphatic heterocycles. The third kappa shape index (κ3) is 5.12. The van der Waals surface area contributed by atoms with Crippen LogP contribution in [-0.4, -0.2) is 0 Å². The van der Waals surface area contributed by atoms with Crippen LogP contribution in [0.5, 0.6) is 0 Å². The summed E-state index contributed by atoms with van der Waals surface area (Å²) in [4.78, 5) is 0. The van der Waals surface area contributed by atoms with E-state index >= 15 is 0 Å². The molecule has 6 aromatic rings. The van der Waals surface area contributed by atoms with Gasteiger partial charge in [-0.15, -0.1) is 0 Å². The second kappa shape index (κ2) is 11.7. The van der Waals surface area contributed by atoms with E-state index in [-0.39, 0.29) is 108 Å². The first-order chi connectivity index (χ1) is 25.4. The summed E-state index contributed by atoms with van der Waals surface area (Å²) in [7, 11) is -4.03. The largest absolute Gasteiger partial charge is 0.0623 e. The molecule has 2 heteroatoms. The number of benzene rings is 6. The molecule has 0 N–H and O–H groups in total. The van der Waals surface area contributed by atoms with Crippen LogP contribution in [0.3, 0.4) is 0 Å². The van der Waals surface area contributed by atoms with Crippen molar-refractivity contribution in [3.63, 3.8) is 0 Å². The Kier molecular flexibility index (Phi) is 3.81. The maximum Gasteiger partial charge on any atom is 0.0623 e.